The van der Waals surface area contributed by atoms with E-state index in [9.17, 15) is 9.18 Å². The summed E-state index contributed by atoms with van der Waals surface area (Å²) in [5.41, 5.74) is 7.17. The Hall–Kier alpha value is -2.21. The summed E-state index contributed by atoms with van der Waals surface area (Å²) in [5.74, 6) is -0.0565. The van der Waals surface area contributed by atoms with Crippen molar-refractivity contribution in [1.29, 1.82) is 0 Å². The van der Waals surface area contributed by atoms with Gasteiger partial charge in [-0.25, -0.2) is 9.07 Å². The molecule has 2 aromatic rings. The zero-order chi connectivity index (χ0) is 15.7. The van der Waals surface area contributed by atoms with Crippen molar-refractivity contribution in [2.24, 2.45) is 11.7 Å². The molecule has 1 aromatic carbocycles. The van der Waals surface area contributed by atoms with Crippen LogP contribution in [0.15, 0.2) is 30.5 Å². The summed E-state index contributed by atoms with van der Waals surface area (Å²) >= 11 is 0. The molecule has 22 heavy (non-hydrogen) atoms. The number of likely N-dealkylation sites (tertiary alicyclic amines) is 1. The number of nitrogens with zero attached hydrogens (tertiary/aromatic N) is 3. The van der Waals surface area contributed by atoms with Crippen molar-refractivity contribution >= 4 is 5.91 Å². The summed E-state index contributed by atoms with van der Waals surface area (Å²) in [4.78, 5) is 14.4. The molecule has 1 saturated heterocycles. The number of rotatable bonds is 3. The van der Waals surface area contributed by atoms with Crippen molar-refractivity contribution < 1.29 is 9.18 Å². The molecule has 1 atom stereocenters. The predicted molar refractivity (Wildman–Crippen MR) is 81.3 cm³/mol. The minimum Gasteiger partial charge on any atom is -0.338 e. The second-order valence-electron chi connectivity index (χ2n) is 5.65. The zero-order valence-electron chi connectivity index (χ0n) is 12.5. The van der Waals surface area contributed by atoms with Gasteiger partial charge in [0.1, 0.15) is 11.5 Å². The van der Waals surface area contributed by atoms with Crippen LogP contribution in [0.4, 0.5) is 4.39 Å². The smallest absolute Gasteiger partial charge is 0.257 e. The first-order valence-electron chi connectivity index (χ1n) is 7.40. The van der Waals surface area contributed by atoms with Crippen LogP contribution >= 0.6 is 0 Å². The number of nitrogens with two attached hydrogens (primary N) is 1. The lowest BCUT2D eigenvalue weighted by atomic mass is 10.1. The molecule has 1 aromatic heterocycles. The average molecular weight is 302 g/mol. The van der Waals surface area contributed by atoms with Crippen LogP contribution in [0.3, 0.4) is 0 Å². The van der Waals surface area contributed by atoms with Gasteiger partial charge in [-0.1, -0.05) is 12.1 Å². The number of hydrogen-bond acceptors (Lipinski definition) is 3. The molecule has 0 spiro atoms. The van der Waals surface area contributed by atoms with Crippen molar-refractivity contribution in [3.05, 3.63) is 47.5 Å². The van der Waals surface area contributed by atoms with Crippen LogP contribution in [0.2, 0.25) is 0 Å². The van der Waals surface area contributed by atoms with Crippen molar-refractivity contribution in [1.82, 2.24) is 14.7 Å². The number of halogens is 1. The SMILES string of the molecule is Cc1c(C(=O)N2CCC(CN)C2)cnn1-c1ccccc1F. The van der Waals surface area contributed by atoms with E-state index in [1.807, 2.05) is 0 Å². The van der Waals surface area contributed by atoms with Gasteiger partial charge < -0.3 is 10.6 Å². The number of para-hydroxylation sites is 1. The first-order chi connectivity index (χ1) is 10.6. The Balaban J connectivity index is 1.88. The Labute approximate surface area is 128 Å². The maximum absolute atomic E-state index is 13.9. The van der Waals surface area contributed by atoms with E-state index >= 15 is 0 Å². The van der Waals surface area contributed by atoms with E-state index in [-0.39, 0.29) is 11.7 Å². The van der Waals surface area contributed by atoms with Crippen LogP contribution in [0.1, 0.15) is 22.5 Å². The maximum Gasteiger partial charge on any atom is 0.257 e. The summed E-state index contributed by atoms with van der Waals surface area (Å²) in [6.07, 6.45) is 2.45. The molecular weight excluding hydrogens is 283 g/mol. The third-order valence-electron chi connectivity index (χ3n) is 4.23. The molecule has 0 saturated carbocycles. The van der Waals surface area contributed by atoms with E-state index in [2.05, 4.69) is 5.10 Å². The van der Waals surface area contributed by atoms with Gasteiger partial charge in [0.15, 0.2) is 0 Å². The Morgan fingerprint density at radius 3 is 2.91 bits per heavy atom. The van der Waals surface area contributed by atoms with E-state index in [0.29, 0.717) is 42.5 Å². The highest BCUT2D eigenvalue weighted by Crippen LogP contribution is 2.21. The minimum absolute atomic E-state index is 0.0592. The third kappa shape index (κ3) is 2.50. The van der Waals surface area contributed by atoms with Crippen molar-refractivity contribution in [2.45, 2.75) is 13.3 Å². The monoisotopic (exact) mass is 302 g/mol. The largest absolute Gasteiger partial charge is 0.338 e. The summed E-state index contributed by atoms with van der Waals surface area (Å²) in [5, 5.41) is 4.18. The molecule has 1 fully saturated rings. The third-order valence-corrected chi connectivity index (χ3v) is 4.23. The van der Waals surface area contributed by atoms with Gasteiger partial charge in [-0.2, -0.15) is 5.10 Å². The second-order valence-corrected chi connectivity index (χ2v) is 5.65. The Morgan fingerprint density at radius 1 is 1.45 bits per heavy atom. The summed E-state index contributed by atoms with van der Waals surface area (Å²) < 4.78 is 15.4. The van der Waals surface area contributed by atoms with Gasteiger partial charge in [-0.3, -0.25) is 4.79 Å². The quantitative estimate of drug-likeness (QED) is 0.939. The van der Waals surface area contributed by atoms with E-state index < -0.39 is 0 Å². The van der Waals surface area contributed by atoms with Gasteiger partial charge in [0.05, 0.1) is 17.5 Å². The van der Waals surface area contributed by atoms with Gasteiger partial charge in [-0.05, 0) is 37.9 Å². The molecule has 2 N–H and O–H groups in total. The highest BCUT2D eigenvalue weighted by molar-refractivity contribution is 5.95. The molecule has 1 aliphatic heterocycles. The fraction of sp³-hybridized carbons (Fsp3) is 0.375. The first kappa shape index (κ1) is 14.7. The lowest BCUT2D eigenvalue weighted by molar-refractivity contribution is 0.0787. The van der Waals surface area contributed by atoms with Gasteiger partial charge >= 0.3 is 0 Å². The number of benzene rings is 1. The summed E-state index contributed by atoms with van der Waals surface area (Å²) in [7, 11) is 0. The van der Waals surface area contributed by atoms with E-state index in [1.54, 1.807) is 30.0 Å². The molecule has 0 radical (unpaired) electrons. The molecule has 1 unspecified atom stereocenters. The molecule has 1 amide bonds. The molecule has 6 heteroatoms. The van der Waals surface area contributed by atoms with Gasteiger partial charge in [0.25, 0.3) is 5.91 Å². The van der Waals surface area contributed by atoms with Gasteiger partial charge in [0, 0.05) is 13.1 Å². The number of hydrogen-bond donors (Lipinski definition) is 1. The summed E-state index contributed by atoms with van der Waals surface area (Å²) in [6.45, 7) is 3.77. The van der Waals surface area contributed by atoms with Gasteiger partial charge in [0.2, 0.25) is 0 Å². The van der Waals surface area contributed by atoms with Crippen molar-refractivity contribution in [2.75, 3.05) is 19.6 Å². The Kier molecular flexibility index (Phi) is 3.94. The lowest BCUT2D eigenvalue weighted by Gasteiger charge is -2.16. The fourth-order valence-electron chi connectivity index (χ4n) is 2.87. The normalized spacial score (nSPS) is 18.0. The standard InChI is InChI=1S/C16H19FN4O/c1-11-13(16(22)20-7-6-12(8-18)10-20)9-19-21(11)15-5-3-2-4-14(15)17/h2-5,9,12H,6-8,10,18H2,1H3. The molecule has 5 nitrogen and oxygen atoms in total. The van der Waals surface area contributed by atoms with E-state index in [0.717, 1.165) is 6.42 Å². The van der Waals surface area contributed by atoms with Gasteiger partial charge in [-0.15, -0.1) is 0 Å². The van der Waals surface area contributed by atoms with Crippen LogP contribution in [0.25, 0.3) is 5.69 Å². The molecule has 0 aliphatic carbocycles. The molecule has 1 aliphatic rings. The fourth-order valence-corrected chi connectivity index (χ4v) is 2.87. The topological polar surface area (TPSA) is 64.2 Å². The van der Waals surface area contributed by atoms with Crippen molar-refractivity contribution in [3.63, 3.8) is 0 Å². The number of amides is 1. The van der Waals surface area contributed by atoms with Crippen LogP contribution in [-0.4, -0.2) is 40.2 Å². The number of carbonyl (C=O) groups is 1. The second kappa shape index (κ2) is 5.88. The van der Waals surface area contributed by atoms with Crippen molar-refractivity contribution in [3.8, 4) is 5.69 Å². The highest BCUT2D eigenvalue weighted by atomic mass is 19.1. The van der Waals surface area contributed by atoms with Crippen LogP contribution in [0.5, 0.6) is 0 Å². The predicted octanol–water partition coefficient (Wildman–Crippen LogP) is 1.74. The molecule has 116 valence electrons. The Morgan fingerprint density at radius 2 is 2.23 bits per heavy atom. The van der Waals surface area contributed by atoms with E-state index in [4.69, 9.17) is 5.73 Å². The Bertz CT molecular complexity index is 697. The van der Waals surface area contributed by atoms with Crippen LogP contribution in [0, 0.1) is 18.7 Å². The van der Waals surface area contributed by atoms with E-state index in [1.165, 1.54) is 16.9 Å². The first-order valence-corrected chi connectivity index (χ1v) is 7.40. The number of carbonyl (C=O) groups excluding carboxylic acids is 1. The maximum atomic E-state index is 13.9. The van der Waals surface area contributed by atoms with Crippen LogP contribution in [-0.2, 0) is 0 Å². The summed E-state index contributed by atoms with van der Waals surface area (Å²) in [6, 6.07) is 6.39. The molecule has 0 bridgehead atoms. The average Bonchev–Trinajstić information content (AvgIpc) is 3.14. The lowest BCUT2D eigenvalue weighted by Crippen LogP contribution is -2.30. The zero-order valence-corrected chi connectivity index (χ0v) is 12.5. The molecule has 3 rings (SSSR count). The minimum atomic E-state index is -0.364. The highest BCUT2D eigenvalue weighted by Gasteiger charge is 2.28. The number of aromatic nitrogens is 2. The van der Waals surface area contributed by atoms with Crippen LogP contribution < -0.4 is 5.73 Å². The molecule has 2 heterocycles. The molecular formula is C16H19FN4O.